The van der Waals surface area contributed by atoms with Gasteiger partial charge in [-0.05, 0) is 48.6 Å². The molecule has 5 heterocycles. The summed E-state index contributed by atoms with van der Waals surface area (Å²) in [5, 5.41) is 38.9. The smallest absolute Gasteiger partial charge is 0.407 e. The van der Waals surface area contributed by atoms with E-state index in [-0.39, 0.29) is 43.3 Å². The number of amides is 3. The van der Waals surface area contributed by atoms with Gasteiger partial charge in [0, 0.05) is 51.3 Å². The van der Waals surface area contributed by atoms with E-state index in [1.807, 2.05) is 82.6 Å². The van der Waals surface area contributed by atoms with Crippen LogP contribution in [0, 0.1) is 12.3 Å². The Hall–Kier alpha value is -5.32. The summed E-state index contributed by atoms with van der Waals surface area (Å²) in [4.78, 5) is 52.3. The van der Waals surface area contributed by atoms with Gasteiger partial charge in [-0.15, -0.1) is 21.5 Å². The first-order valence-corrected chi connectivity index (χ1v) is 20.3. The number of para-hydroxylation sites is 1. The number of thiazole rings is 1. The number of hydrogen-bond donors (Lipinski definition) is 5. The van der Waals surface area contributed by atoms with Crippen LogP contribution in [0.3, 0.4) is 0 Å². The minimum atomic E-state index is -1.01. The summed E-state index contributed by atoms with van der Waals surface area (Å²) < 4.78 is 5.62. The number of carbonyl (C=O) groups excluding carboxylic acids is 3. The zero-order chi connectivity index (χ0) is 40.4. The van der Waals surface area contributed by atoms with Gasteiger partial charge in [-0.2, -0.15) is 0 Å². The summed E-state index contributed by atoms with van der Waals surface area (Å²) in [6.07, 6.45) is -1.51. The van der Waals surface area contributed by atoms with Gasteiger partial charge in [0.1, 0.15) is 24.4 Å². The fourth-order valence-corrected chi connectivity index (χ4v) is 8.63. The first kappa shape index (κ1) is 39.9. The molecule has 0 spiro atoms. The lowest BCUT2D eigenvalue weighted by Crippen LogP contribution is -2.58. The van der Waals surface area contributed by atoms with Crippen LogP contribution in [-0.4, -0.2) is 123 Å². The number of ether oxygens (including phenoxy) is 1. The fourth-order valence-electron chi connectivity index (χ4n) is 7.82. The van der Waals surface area contributed by atoms with Crippen molar-refractivity contribution >= 4 is 40.7 Å². The number of nitrogens with one attached hydrogen (secondary N) is 3. The number of aromatic hydroxyl groups is 1. The summed E-state index contributed by atoms with van der Waals surface area (Å²) >= 11 is 1.58. The quantitative estimate of drug-likeness (QED) is 0.155. The Kier molecular flexibility index (Phi) is 11.7. The van der Waals surface area contributed by atoms with Crippen LogP contribution in [0.4, 0.5) is 16.3 Å². The number of piperazine rings is 1. The van der Waals surface area contributed by atoms with Gasteiger partial charge in [-0.3, -0.25) is 14.5 Å². The largest absolute Gasteiger partial charge is 0.507 e. The Morgan fingerprint density at radius 3 is 2.54 bits per heavy atom. The highest BCUT2D eigenvalue weighted by molar-refractivity contribution is 7.13. The number of aryl methyl sites for hydroxylation is 1. The monoisotopic (exact) mass is 797 g/mol. The number of fused-ring (bicyclic) bond motifs is 3. The molecule has 3 amide bonds. The number of carbonyl (C=O) groups is 3. The van der Waals surface area contributed by atoms with Crippen molar-refractivity contribution in [2.24, 2.45) is 5.41 Å². The number of aliphatic hydroxyl groups is 1. The summed E-state index contributed by atoms with van der Waals surface area (Å²) in [7, 11) is 0. The number of phenols is 1. The van der Waals surface area contributed by atoms with Crippen molar-refractivity contribution < 1.29 is 29.3 Å². The number of aliphatic hydroxyl groups excluding tert-OH is 1. The first-order chi connectivity index (χ1) is 27.3. The number of aromatic nitrogens is 3. The van der Waals surface area contributed by atoms with Crippen molar-refractivity contribution in [3.8, 4) is 27.4 Å². The van der Waals surface area contributed by atoms with Gasteiger partial charge < -0.3 is 40.7 Å². The van der Waals surface area contributed by atoms with E-state index >= 15 is 0 Å². The second-order valence-corrected chi connectivity index (χ2v) is 17.0. The SMILES string of the molecule is Cc1ncsc1-c1ccc([C@H](C)NC(=O)[C@@H]2C[C@@H](O)CN2C(=O)[C@H](NC(=O)OCCN2CCN3c4cc(-c5ccccc5O)nnc4NCC3C2)C(C)(C)C)cc1. The normalized spacial score (nSPS) is 20.5. The lowest BCUT2D eigenvalue weighted by atomic mass is 9.85. The molecule has 5 N–H and O–H groups in total. The minimum absolute atomic E-state index is 0.0212. The van der Waals surface area contributed by atoms with Crippen molar-refractivity contribution in [3.05, 3.63) is 71.4 Å². The number of phenolic OH excluding ortho intramolecular Hbond substituents is 1. The van der Waals surface area contributed by atoms with Crippen LogP contribution in [0.5, 0.6) is 5.75 Å². The van der Waals surface area contributed by atoms with Crippen LogP contribution in [0.1, 0.15) is 51.4 Å². The zero-order valence-electron chi connectivity index (χ0n) is 32.9. The molecule has 3 aliphatic heterocycles. The summed E-state index contributed by atoms with van der Waals surface area (Å²) in [5.74, 6) is 0.0264. The Bertz CT molecular complexity index is 2090. The number of benzene rings is 2. The van der Waals surface area contributed by atoms with Crippen molar-refractivity contribution in [2.75, 3.05) is 56.1 Å². The third-order valence-electron chi connectivity index (χ3n) is 11.0. The van der Waals surface area contributed by atoms with E-state index in [2.05, 4.69) is 40.9 Å². The van der Waals surface area contributed by atoms with Crippen LogP contribution >= 0.6 is 11.3 Å². The number of β-amino-alcohol motifs (C(OH)–C–C–N with tert-alkyl or cyclic N) is 1. The average Bonchev–Trinajstić information content (AvgIpc) is 3.81. The third-order valence-corrected chi connectivity index (χ3v) is 12.0. The van der Waals surface area contributed by atoms with E-state index in [0.717, 1.165) is 47.0 Å². The molecule has 302 valence electrons. The molecule has 5 atom stereocenters. The molecule has 1 unspecified atom stereocenters. The lowest BCUT2D eigenvalue weighted by molar-refractivity contribution is -0.142. The maximum Gasteiger partial charge on any atom is 0.407 e. The standard InChI is InChI=1S/C41H51N9O6S/c1-24(26-10-12-27(13-11-26)35-25(2)43-23-57-35)44-38(53)33-18-29(51)22-50(33)39(54)36(41(3,4)5)45-40(55)56-17-16-48-14-15-49-28(21-48)20-42-37-32(49)19-31(46-47-37)30-8-6-7-9-34(30)52/h6-13,19,23-24,28-29,33,36,51-52H,14-18,20-22H2,1-5H3,(H,42,47)(H,44,53)(H,45,55)/t24-,28?,29+,33-,36-/m0/s1. The van der Waals surface area contributed by atoms with Gasteiger partial charge in [0.05, 0.1) is 45.7 Å². The molecule has 0 radical (unpaired) electrons. The van der Waals surface area contributed by atoms with Gasteiger partial charge in [0.25, 0.3) is 0 Å². The predicted molar refractivity (Wildman–Crippen MR) is 218 cm³/mol. The second kappa shape index (κ2) is 16.6. The number of anilines is 2. The highest BCUT2D eigenvalue weighted by Gasteiger charge is 2.45. The minimum Gasteiger partial charge on any atom is -0.507 e. The van der Waals surface area contributed by atoms with Gasteiger partial charge >= 0.3 is 6.09 Å². The second-order valence-electron chi connectivity index (χ2n) is 16.1. The maximum absolute atomic E-state index is 14.1. The summed E-state index contributed by atoms with van der Waals surface area (Å²) in [6.45, 7) is 12.8. The van der Waals surface area contributed by atoms with E-state index in [9.17, 15) is 24.6 Å². The number of likely N-dealkylation sites (tertiary alicyclic amines) is 1. The summed E-state index contributed by atoms with van der Waals surface area (Å²) in [6, 6.07) is 14.8. The van der Waals surface area contributed by atoms with E-state index in [4.69, 9.17) is 4.74 Å². The number of nitrogens with zero attached hydrogens (tertiary/aromatic N) is 6. The fraction of sp³-hybridized carbons (Fsp3) is 0.463. The average molecular weight is 798 g/mol. The molecule has 2 fully saturated rings. The Balaban J connectivity index is 0.917. The van der Waals surface area contributed by atoms with Gasteiger partial charge in [-0.1, -0.05) is 57.2 Å². The molecule has 2 aromatic carbocycles. The van der Waals surface area contributed by atoms with E-state index in [1.54, 1.807) is 23.5 Å². The molecule has 7 rings (SSSR count). The van der Waals surface area contributed by atoms with E-state index in [0.29, 0.717) is 30.2 Å². The number of rotatable bonds is 10. The highest BCUT2D eigenvalue weighted by atomic mass is 32.1. The maximum atomic E-state index is 14.1. The highest BCUT2D eigenvalue weighted by Crippen LogP contribution is 2.36. The van der Waals surface area contributed by atoms with Crippen molar-refractivity contribution in [1.29, 1.82) is 0 Å². The van der Waals surface area contributed by atoms with Crippen LogP contribution in [0.2, 0.25) is 0 Å². The molecule has 4 aromatic rings. The molecule has 2 saturated heterocycles. The third kappa shape index (κ3) is 8.82. The van der Waals surface area contributed by atoms with E-state index < -0.39 is 35.6 Å². The molecule has 0 bridgehead atoms. The molecular formula is C41H51N9O6S. The summed E-state index contributed by atoms with van der Waals surface area (Å²) in [5.41, 5.74) is 6.16. The lowest BCUT2D eigenvalue weighted by Gasteiger charge is -2.45. The van der Waals surface area contributed by atoms with E-state index in [1.165, 1.54) is 4.90 Å². The zero-order valence-corrected chi connectivity index (χ0v) is 33.8. The van der Waals surface area contributed by atoms with Crippen LogP contribution in [-0.2, 0) is 14.3 Å². The Morgan fingerprint density at radius 1 is 1.05 bits per heavy atom. The van der Waals surface area contributed by atoms with Gasteiger partial charge in [0.15, 0.2) is 5.82 Å². The van der Waals surface area contributed by atoms with Crippen LogP contribution in [0.25, 0.3) is 21.7 Å². The molecule has 15 nitrogen and oxygen atoms in total. The van der Waals surface area contributed by atoms with Crippen molar-refractivity contribution in [3.63, 3.8) is 0 Å². The molecule has 3 aliphatic rings. The number of alkyl carbamates (subject to hydrolysis) is 1. The molecular weight excluding hydrogens is 747 g/mol. The number of hydrogen-bond acceptors (Lipinski definition) is 13. The predicted octanol–water partition coefficient (Wildman–Crippen LogP) is 4.18. The Labute approximate surface area is 336 Å². The van der Waals surface area contributed by atoms with Crippen molar-refractivity contribution in [2.45, 2.75) is 71.3 Å². The van der Waals surface area contributed by atoms with Crippen LogP contribution < -0.4 is 20.9 Å². The first-order valence-electron chi connectivity index (χ1n) is 19.4. The Morgan fingerprint density at radius 2 is 1.82 bits per heavy atom. The van der Waals surface area contributed by atoms with Gasteiger partial charge in [0.2, 0.25) is 11.8 Å². The van der Waals surface area contributed by atoms with Crippen molar-refractivity contribution in [1.82, 2.24) is 35.6 Å². The molecule has 57 heavy (non-hydrogen) atoms. The molecule has 16 heteroatoms. The molecule has 0 aliphatic carbocycles. The van der Waals surface area contributed by atoms with Gasteiger partial charge in [-0.25, -0.2) is 9.78 Å². The van der Waals surface area contributed by atoms with Crippen LogP contribution in [0.15, 0.2) is 60.1 Å². The molecule has 0 saturated carbocycles. The molecule has 2 aromatic heterocycles. The topological polar surface area (TPSA) is 185 Å².